The van der Waals surface area contributed by atoms with E-state index in [1.165, 1.54) is 19.5 Å². The van der Waals surface area contributed by atoms with Crippen molar-refractivity contribution in [2.75, 3.05) is 31.5 Å². The van der Waals surface area contributed by atoms with E-state index in [2.05, 4.69) is 33.3 Å². The van der Waals surface area contributed by atoms with E-state index in [0.717, 1.165) is 36.0 Å². The molecule has 19 heavy (non-hydrogen) atoms. The Morgan fingerprint density at radius 3 is 3.16 bits per heavy atom. The lowest BCUT2D eigenvalue weighted by atomic mass is 10.1. The minimum absolute atomic E-state index is 0.728. The molecule has 5 nitrogen and oxygen atoms in total. The molecule has 5 heteroatoms. The number of aryl methyl sites for hydroxylation is 1. The summed E-state index contributed by atoms with van der Waals surface area (Å²) in [5.41, 5.74) is 2.08. The fourth-order valence-electron chi connectivity index (χ4n) is 2.79. The zero-order valence-corrected chi connectivity index (χ0v) is 11.6. The first-order valence-corrected chi connectivity index (χ1v) is 7.03. The third kappa shape index (κ3) is 2.56. The molecule has 0 aromatic carbocycles. The molecule has 1 atom stereocenters. The van der Waals surface area contributed by atoms with Crippen LogP contribution in [0, 0.1) is 12.8 Å². The summed E-state index contributed by atoms with van der Waals surface area (Å²) in [5, 5.41) is 7.90. The van der Waals surface area contributed by atoms with Crippen molar-refractivity contribution in [3.8, 4) is 0 Å². The van der Waals surface area contributed by atoms with Gasteiger partial charge in [0.1, 0.15) is 5.52 Å². The zero-order valence-electron chi connectivity index (χ0n) is 11.6. The number of aromatic nitrogens is 3. The number of nitrogens with zero attached hydrogens (tertiary/aromatic N) is 4. The van der Waals surface area contributed by atoms with Gasteiger partial charge in [0.25, 0.3) is 0 Å². The van der Waals surface area contributed by atoms with Crippen LogP contribution in [0.1, 0.15) is 19.0 Å². The van der Waals surface area contributed by atoms with Gasteiger partial charge in [0.15, 0.2) is 5.82 Å². The SMILES string of the molecule is CCN1CCC(CNc2nccn3nc(C)cc23)C1. The number of fused-ring (bicyclic) bond motifs is 1. The molecule has 0 amide bonds. The molecule has 102 valence electrons. The van der Waals surface area contributed by atoms with Crippen molar-refractivity contribution in [2.24, 2.45) is 5.92 Å². The standard InChI is InChI=1S/C14H21N5/c1-3-18-6-4-12(10-18)9-16-14-13-8-11(2)17-19(13)7-5-15-14/h5,7-8,12H,3-4,6,9-10H2,1-2H3,(H,15,16). The number of hydrogen-bond donors (Lipinski definition) is 1. The number of hydrogen-bond acceptors (Lipinski definition) is 4. The minimum atomic E-state index is 0.728. The van der Waals surface area contributed by atoms with Crippen LogP contribution in [0.2, 0.25) is 0 Å². The van der Waals surface area contributed by atoms with Crippen LogP contribution >= 0.6 is 0 Å². The summed E-state index contributed by atoms with van der Waals surface area (Å²) in [6, 6.07) is 2.07. The molecule has 1 fully saturated rings. The predicted octanol–water partition coefficient (Wildman–Crippen LogP) is 1.79. The van der Waals surface area contributed by atoms with E-state index in [1.807, 2.05) is 17.6 Å². The summed E-state index contributed by atoms with van der Waals surface area (Å²) < 4.78 is 1.89. The molecule has 1 aliphatic heterocycles. The van der Waals surface area contributed by atoms with E-state index >= 15 is 0 Å². The van der Waals surface area contributed by atoms with Crippen molar-refractivity contribution in [3.05, 3.63) is 24.2 Å². The van der Waals surface area contributed by atoms with E-state index in [0.29, 0.717) is 0 Å². The molecule has 1 unspecified atom stereocenters. The van der Waals surface area contributed by atoms with Gasteiger partial charge >= 0.3 is 0 Å². The fraction of sp³-hybridized carbons (Fsp3) is 0.571. The van der Waals surface area contributed by atoms with E-state index < -0.39 is 0 Å². The third-order valence-electron chi connectivity index (χ3n) is 3.89. The molecular formula is C14H21N5. The first-order chi connectivity index (χ1) is 9.26. The van der Waals surface area contributed by atoms with Gasteiger partial charge in [0, 0.05) is 25.5 Å². The van der Waals surface area contributed by atoms with E-state index in [-0.39, 0.29) is 0 Å². The maximum Gasteiger partial charge on any atom is 0.152 e. The smallest absolute Gasteiger partial charge is 0.152 e. The largest absolute Gasteiger partial charge is 0.368 e. The predicted molar refractivity (Wildman–Crippen MR) is 76.4 cm³/mol. The molecule has 1 saturated heterocycles. The number of likely N-dealkylation sites (tertiary alicyclic amines) is 1. The Morgan fingerprint density at radius 2 is 2.37 bits per heavy atom. The van der Waals surface area contributed by atoms with Crippen molar-refractivity contribution in [1.29, 1.82) is 0 Å². The molecule has 0 saturated carbocycles. The van der Waals surface area contributed by atoms with E-state index in [1.54, 1.807) is 6.20 Å². The van der Waals surface area contributed by atoms with Crippen LogP contribution in [0.4, 0.5) is 5.82 Å². The van der Waals surface area contributed by atoms with Gasteiger partial charge in [0.05, 0.1) is 5.69 Å². The van der Waals surface area contributed by atoms with E-state index in [9.17, 15) is 0 Å². The number of rotatable bonds is 4. The van der Waals surface area contributed by atoms with Gasteiger partial charge in [-0.25, -0.2) is 9.50 Å². The van der Waals surface area contributed by atoms with Crippen LogP contribution in [-0.4, -0.2) is 45.7 Å². The summed E-state index contributed by atoms with van der Waals surface area (Å²) >= 11 is 0. The van der Waals surface area contributed by atoms with Crippen LogP contribution in [0.5, 0.6) is 0 Å². The average Bonchev–Trinajstić information content (AvgIpc) is 3.01. The Bertz CT molecular complexity index is 562. The average molecular weight is 259 g/mol. The van der Waals surface area contributed by atoms with Crippen LogP contribution in [0.15, 0.2) is 18.5 Å². The zero-order chi connectivity index (χ0) is 13.2. The topological polar surface area (TPSA) is 45.5 Å². The second-order valence-corrected chi connectivity index (χ2v) is 5.32. The molecule has 0 aliphatic carbocycles. The summed E-state index contributed by atoms with van der Waals surface area (Å²) in [6.07, 6.45) is 4.97. The van der Waals surface area contributed by atoms with Gasteiger partial charge in [-0.1, -0.05) is 6.92 Å². The maximum atomic E-state index is 4.43. The lowest BCUT2D eigenvalue weighted by molar-refractivity contribution is 0.345. The van der Waals surface area contributed by atoms with Gasteiger partial charge in [-0.3, -0.25) is 0 Å². The number of anilines is 1. The Hall–Kier alpha value is -1.62. The summed E-state index contributed by atoms with van der Waals surface area (Å²) in [7, 11) is 0. The minimum Gasteiger partial charge on any atom is -0.368 e. The Kier molecular flexibility index (Phi) is 3.38. The van der Waals surface area contributed by atoms with Gasteiger partial charge in [0.2, 0.25) is 0 Å². The van der Waals surface area contributed by atoms with Crippen molar-refractivity contribution < 1.29 is 0 Å². The van der Waals surface area contributed by atoms with Crippen molar-refractivity contribution in [2.45, 2.75) is 20.3 Å². The molecular weight excluding hydrogens is 238 g/mol. The van der Waals surface area contributed by atoms with Gasteiger partial charge < -0.3 is 10.2 Å². The van der Waals surface area contributed by atoms with Crippen molar-refractivity contribution in [3.63, 3.8) is 0 Å². The van der Waals surface area contributed by atoms with Crippen LogP contribution < -0.4 is 5.32 Å². The Balaban J connectivity index is 1.68. The fourth-order valence-corrected chi connectivity index (χ4v) is 2.79. The molecule has 1 N–H and O–H groups in total. The number of nitrogens with one attached hydrogen (secondary N) is 1. The first kappa shape index (κ1) is 12.4. The van der Waals surface area contributed by atoms with E-state index in [4.69, 9.17) is 0 Å². The Labute approximate surface area is 113 Å². The van der Waals surface area contributed by atoms with Gasteiger partial charge in [-0.15, -0.1) is 0 Å². The summed E-state index contributed by atoms with van der Waals surface area (Å²) in [4.78, 5) is 6.94. The van der Waals surface area contributed by atoms with Crippen molar-refractivity contribution in [1.82, 2.24) is 19.5 Å². The molecule has 3 heterocycles. The third-order valence-corrected chi connectivity index (χ3v) is 3.89. The second-order valence-electron chi connectivity index (χ2n) is 5.32. The molecule has 1 aliphatic rings. The quantitative estimate of drug-likeness (QED) is 0.909. The molecule has 3 rings (SSSR count). The normalized spacial score (nSPS) is 20.2. The van der Waals surface area contributed by atoms with Crippen LogP contribution in [0.3, 0.4) is 0 Å². The molecule has 2 aromatic rings. The van der Waals surface area contributed by atoms with Crippen molar-refractivity contribution >= 4 is 11.3 Å². The first-order valence-electron chi connectivity index (χ1n) is 7.03. The molecule has 0 radical (unpaired) electrons. The monoisotopic (exact) mass is 259 g/mol. The van der Waals surface area contributed by atoms with Crippen LogP contribution in [0.25, 0.3) is 5.52 Å². The second kappa shape index (κ2) is 5.17. The highest BCUT2D eigenvalue weighted by molar-refractivity contribution is 5.67. The lowest BCUT2D eigenvalue weighted by Crippen LogP contribution is -2.22. The summed E-state index contributed by atoms with van der Waals surface area (Å²) in [5.74, 6) is 1.67. The van der Waals surface area contributed by atoms with Crippen LogP contribution in [-0.2, 0) is 0 Å². The summed E-state index contributed by atoms with van der Waals surface area (Å²) in [6.45, 7) is 8.82. The molecule has 2 aromatic heterocycles. The highest BCUT2D eigenvalue weighted by Gasteiger charge is 2.21. The maximum absolute atomic E-state index is 4.43. The highest BCUT2D eigenvalue weighted by atomic mass is 15.2. The van der Waals surface area contributed by atoms with Gasteiger partial charge in [-0.05, 0) is 38.4 Å². The lowest BCUT2D eigenvalue weighted by Gasteiger charge is -2.14. The highest BCUT2D eigenvalue weighted by Crippen LogP contribution is 2.19. The molecule has 0 bridgehead atoms. The molecule has 0 spiro atoms. The van der Waals surface area contributed by atoms with Gasteiger partial charge in [-0.2, -0.15) is 5.10 Å². The Morgan fingerprint density at radius 1 is 1.47 bits per heavy atom.